The summed E-state index contributed by atoms with van der Waals surface area (Å²) in [4.78, 5) is 24.7. The quantitative estimate of drug-likeness (QED) is 0.421. The van der Waals surface area contributed by atoms with Crippen LogP contribution in [-0.2, 0) is 4.79 Å². The average Bonchev–Trinajstić information content (AvgIpc) is 3.12. The number of hydrogen-bond donors (Lipinski definition) is 2. The van der Waals surface area contributed by atoms with Crippen molar-refractivity contribution in [3.05, 3.63) is 95.2 Å². The Morgan fingerprint density at radius 2 is 1.52 bits per heavy atom. The third kappa shape index (κ3) is 4.55. The van der Waals surface area contributed by atoms with Crippen LogP contribution in [0.25, 0.3) is 16.8 Å². The number of rotatable bonds is 5. The molecule has 1 aromatic heterocycles. The van der Waals surface area contributed by atoms with Gasteiger partial charge in [0.2, 0.25) is 5.91 Å². The minimum Gasteiger partial charge on any atom is -0.322 e. The van der Waals surface area contributed by atoms with E-state index >= 15 is 0 Å². The molecular formula is C27H26N4O2. The molecule has 2 amide bonds. The van der Waals surface area contributed by atoms with E-state index in [1.807, 2.05) is 81.4 Å². The Morgan fingerprint density at radius 1 is 0.818 bits per heavy atom. The average molecular weight is 439 g/mol. The van der Waals surface area contributed by atoms with Crippen molar-refractivity contribution < 1.29 is 9.59 Å². The Balaban J connectivity index is 1.67. The van der Waals surface area contributed by atoms with Crippen molar-refractivity contribution in [3.8, 4) is 16.8 Å². The van der Waals surface area contributed by atoms with E-state index < -0.39 is 0 Å². The molecule has 0 fully saturated rings. The maximum atomic E-state index is 12.8. The molecule has 4 aromatic rings. The number of aromatic nitrogens is 2. The summed E-state index contributed by atoms with van der Waals surface area (Å²) in [5.41, 5.74) is 6.87. The van der Waals surface area contributed by atoms with Crippen LogP contribution in [-0.4, -0.2) is 21.6 Å². The van der Waals surface area contributed by atoms with Gasteiger partial charge in [-0.05, 0) is 67.8 Å². The monoisotopic (exact) mass is 438 g/mol. The van der Waals surface area contributed by atoms with Crippen LogP contribution in [0, 0.1) is 20.8 Å². The molecule has 0 aliphatic heterocycles. The molecule has 6 nitrogen and oxygen atoms in total. The number of aryl methyl sites for hydroxylation is 2. The van der Waals surface area contributed by atoms with Crippen molar-refractivity contribution in [3.63, 3.8) is 0 Å². The zero-order chi connectivity index (χ0) is 23.5. The number of nitrogens with one attached hydrogen (secondary N) is 2. The maximum Gasteiger partial charge on any atom is 0.255 e. The summed E-state index contributed by atoms with van der Waals surface area (Å²) < 4.78 is 1.70. The second-order valence-electron chi connectivity index (χ2n) is 8.02. The van der Waals surface area contributed by atoms with Crippen molar-refractivity contribution in [1.82, 2.24) is 9.78 Å². The molecule has 2 N–H and O–H groups in total. The third-order valence-electron chi connectivity index (χ3n) is 5.64. The number of anilines is 2. The van der Waals surface area contributed by atoms with E-state index in [-0.39, 0.29) is 11.8 Å². The van der Waals surface area contributed by atoms with E-state index in [1.165, 1.54) is 6.92 Å². The molecular weight excluding hydrogens is 412 g/mol. The molecule has 0 spiro atoms. The number of hydrogen-bond acceptors (Lipinski definition) is 3. The number of carbonyl (C=O) groups excluding carboxylic acids is 2. The standard InChI is InChI=1S/C27H26N4O2/c1-17-9-8-12-24(18(17)2)29-27(33)22-13-15-23(16-14-22)31-26(28-20(4)32)25(19(3)30-31)21-10-6-5-7-11-21/h5-16H,1-4H3,(H,28,32)(H,29,33). The molecule has 166 valence electrons. The lowest BCUT2D eigenvalue weighted by atomic mass is 10.1. The van der Waals surface area contributed by atoms with Gasteiger partial charge < -0.3 is 10.6 Å². The van der Waals surface area contributed by atoms with Gasteiger partial charge in [0, 0.05) is 23.7 Å². The van der Waals surface area contributed by atoms with Crippen LogP contribution in [0.1, 0.15) is 34.1 Å². The van der Waals surface area contributed by atoms with Gasteiger partial charge in [0.15, 0.2) is 0 Å². The first kappa shape index (κ1) is 22.0. The van der Waals surface area contributed by atoms with Gasteiger partial charge in [-0.25, -0.2) is 4.68 Å². The molecule has 0 radical (unpaired) electrons. The highest BCUT2D eigenvalue weighted by molar-refractivity contribution is 6.04. The molecule has 4 rings (SSSR count). The molecule has 33 heavy (non-hydrogen) atoms. The molecule has 3 aromatic carbocycles. The maximum absolute atomic E-state index is 12.8. The van der Waals surface area contributed by atoms with Gasteiger partial charge in [-0.3, -0.25) is 9.59 Å². The highest BCUT2D eigenvalue weighted by atomic mass is 16.2. The normalized spacial score (nSPS) is 10.7. The highest BCUT2D eigenvalue weighted by Crippen LogP contribution is 2.33. The fourth-order valence-corrected chi connectivity index (χ4v) is 3.78. The van der Waals surface area contributed by atoms with Gasteiger partial charge >= 0.3 is 0 Å². The van der Waals surface area contributed by atoms with Crippen LogP contribution in [0.15, 0.2) is 72.8 Å². The van der Waals surface area contributed by atoms with Gasteiger partial charge in [-0.15, -0.1) is 0 Å². The predicted molar refractivity (Wildman–Crippen MR) is 132 cm³/mol. The fraction of sp³-hybridized carbons (Fsp3) is 0.148. The Hall–Kier alpha value is -4.19. The molecule has 0 unspecified atom stereocenters. The topological polar surface area (TPSA) is 76.0 Å². The zero-order valence-electron chi connectivity index (χ0n) is 19.1. The summed E-state index contributed by atoms with van der Waals surface area (Å²) >= 11 is 0. The lowest BCUT2D eigenvalue weighted by Gasteiger charge is -2.12. The van der Waals surface area contributed by atoms with Crippen LogP contribution in [0.4, 0.5) is 11.5 Å². The van der Waals surface area contributed by atoms with Gasteiger partial charge in [0.05, 0.1) is 11.4 Å². The number of benzene rings is 3. The van der Waals surface area contributed by atoms with E-state index in [0.717, 1.165) is 39.3 Å². The lowest BCUT2D eigenvalue weighted by molar-refractivity contribution is -0.114. The minimum atomic E-state index is -0.183. The molecule has 0 saturated carbocycles. The Kier molecular flexibility index (Phi) is 6.09. The van der Waals surface area contributed by atoms with Crippen LogP contribution in [0.2, 0.25) is 0 Å². The first-order valence-corrected chi connectivity index (χ1v) is 10.8. The predicted octanol–water partition coefficient (Wildman–Crippen LogP) is 5.68. The van der Waals surface area contributed by atoms with Crippen LogP contribution in [0.3, 0.4) is 0 Å². The van der Waals surface area contributed by atoms with Crippen molar-refractivity contribution in [2.45, 2.75) is 27.7 Å². The summed E-state index contributed by atoms with van der Waals surface area (Å²) in [6.45, 7) is 7.39. The van der Waals surface area contributed by atoms with Crippen LogP contribution in [0.5, 0.6) is 0 Å². The first-order valence-electron chi connectivity index (χ1n) is 10.8. The molecule has 0 saturated heterocycles. The molecule has 1 heterocycles. The summed E-state index contributed by atoms with van der Waals surface area (Å²) in [7, 11) is 0. The second kappa shape index (κ2) is 9.12. The summed E-state index contributed by atoms with van der Waals surface area (Å²) in [5.74, 6) is 0.232. The SMILES string of the molecule is CC(=O)Nc1c(-c2ccccc2)c(C)nn1-c1ccc(C(=O)Nc2cccc(C)c2C)cc1. The van der Waals surface area contributed by atoms with Crippen molar-refractivity contribution >= 4 is 23.3 Å². The fourth-order valence-electron chi connectivity index (χ4n) is 3.78. The summed E-state index contributed by atoms with van der Waals surface area (Å²) in [6, 6.07) is 22.8. The highest BCUT2D eigenvalue weighted by Gasteiger charge is 2.19. The van der Waals surface area contributed by atoms with Crippen molar-refractivity contribution in [1.29, 1.82) is 0 Å². The molecule has 0 aliphatic carbocycles. The van der Waals surface area contributed by atoms with E-state index in [2.05, 4.69) is 15.7 Å². The number of amides is 2. The van der Waals surface area contributed by atoms with Crippen molar-refractivity contribution in [2.75, 3.05) is 10.6 Å². The van der Waals surface area contributed by atoms with E-state index in [1.54, 1.807) is 16.8 Å². The first-order chi connectivity index (χ1) is 15.8. The van der Waals surface area contributed by atoms with Gasteiger partial charge in [-0.1, -0.05) is 42.5 Å². The van der Waals surface area contributed by atoms with Crippen LogP contribution < -0.4 is 10.6 Å². The van der Waals surface area contributed by atoms with E-state index in [4.69, 9.17) is 0 Å². The summed E-state index contributed by atoms with van der Waals surface area (Å²) in [5, 5.41) is 10.6. The zero-order valence-corrected chi connectivity index (χ0v) is 19.1. The second-order valence-corrected chi connectivity index (χ2v) is 8.02. The van der Waals surface area contributed by atoms with E-state index in [9.17, 15) is 9.59 Å². The third-order valence-corrected chi connectivity index (χ3v) is 5.64. The largest absolute Gasteiger partial charge is 0.322 e. The molecule has 0 bridgehead atoms. The number of carbonyl (C=O) groups is 2. The number of nitrogens with zero attached hydrogens (tertiary/aromatic N) is 2. The van der Waals surface area contributed by atoms with Gasteiger partial charge in [0.25, 0.3) is 5.91 Å². The van der Waals surface area contributed by atoms with Crippen LogP contribution >= 0.6 is 0 Å². The van der Waals surface area contributed by atoms with E-state index in [0.29, 0.717) is 11.4 Å². The van der Waals surface area contributed by atoms with Gasteiger partial charge in [0.1, 0.15) is 5.82 Å². The van der Waals surface area contributed by atoms with Crippen molar-refractivity contribution in [2.24, 2.45) is 0 Å². The Labute approximate surface area is 193 Å². The molecule has 0 atom stereocenters. The lowest BCUT2D eigenvalue weighted by Crippen LogP contribution is -2.14. The minimum absolute atomic E-state index is 0.182. The smallest absolute Gasteiger partial charge is 0.255 e. The summed E-state index contributed by atoms with van der Waals surface area (Å²) in [6.07, 6.45) is 0. The Bertz CT molecular complexity index is 1320. The molecule has 0 aliphatic rings. The Morgan fingerprint density at radius 3 is 2.18 bits per heavy atom. The van der Waals surface area contributed by atoms with Gasteiger partial charge in [-0.2, -0.15) is 5.10 Å². The molecule has 6 heteroatoms.